The van der Waals surface area contributed by atoms with Gasteiger partial charge in [0.15, 0.2) is 14.6 Å². The van der Waals surface area contributed by atoms with Crippen LogP contribution in [-0.2, 0) is 25.9 Å². The van der Waals surface area contributed by atoms with Crippen LogP contribution in [0.15, 0.2) is 29.4 Å². The molecule has 2 atom stereocenters. The van der Waals surface area contributed by atoms with Gasteiger partial charge in [-0.1, -0.05) is 29.4 Å². The largest absolute Gasteiger partial charge is 0.392 e. The summed E-state index contributed by atoms with van der Waals surface area (Å²) in [5, 5.41) is 12.9. The summed E-state index contributed by atoms with van der Waals surface area (Å²) in [5.41, 5.74) is 3.90. The third-order valence-electron chi connectivity index (χ3n) is 4.64. The summed E-state index contributed by atoms with van der Waals surface area (Å²) in [6.07, 6.45) is 1.67. The smallest absolute Gasteiger partial charge is 0.264 e. The van der Waals surface area contributed by atoms with Gasteiger partial charge in [-0.15, -0.1) is 0 Å². The molecule has 9 heteroatoms. The number of nitrogens with one attached hydrogen (secondary N) is 1. The van der Waals surface area contributed by atoms with Gasteiger partial charge < -0.3 is 4.84 Å². The zero-order valence-electron chi connectivity index (χ0n) is 14.7. The zero-order chi connectivity index (χ0) is 19.4. The fourth-order valence-corrected chi connectivity index (χ4v) is 3.68. The van der Waals surface area contributed by atoms with E-state index in [1.807, 2.05) is 24.3 Å². The number of amides is 1. The number of nitrogens with zero attached hydrogens (tertiary/aromatic N) is 1. The van der Waals surface area contributed by atoms with E-state index in [0.717, 1.165) is 17.4 Å². The predicted molar refractivity (Wildman–Crippen MR) is 94.6 cm³/mol. The maximum absolute atomic E-state index is 12.2. The SMILES string of the molecule is C[C@@](CC1CC(c2ccc(CCCF)cc2)=NO1)(C(=O)NO)S(C)(=O)=O. The van der Waals surface area contributed by atoms with Crippen LogP contribution >= 0.6 is 0 Å². The highest BCUT2D eigenvalue weighted by Crippen LogP contribution is 2.29. The molecule has 0 fully saturated rings. The highest BCUT2D eigenvalue weighted by Gasteiger charge is 2.47. The second kappa shape index (κ2) is 8.13. The van der Waals surface area contributed by atoms with Crippen molar-refractivity contribution in [1.29, 1.82) is 0 Å². The number of benzene rings is 1. The van der Waals surface area contributed by atoms with E-state index in [2.05, 4.69) is 5.16 Å². The van der Waals surface area contributed by atoms with Gasteiger partial charge in [0.25, 0.3) is 5.91 Å². The monoisotopic (exact) mass is 386 g/mol. The second-order valence-electron chi connectivity index (χ2n) is 6.61. The number of halogens is 1. The molecule has 1 aliphatic rings. The van der Waals surface area contributed by atoms with Gasteiger partial charge in [0.05, 0.1) is 12.4 Å². The minimum atomic E-state index is -3.79. The lowest BCUT2D eigenvalue weighted by Crippen LogP contribution is -2.51. The van der Waals surface area contributed by atoms with Crippen LogP contribution in [0.1, 0.15) is 37.3 Å². The molecule has 2 rings (SSSR count). The number of alkyl halides is 1. The molecule has 26 heavy (non-hydrogen) atoms. The van der Waals surface area contributed by atoms with Crippen molar-refractivity contribution in [2.45, 2.75) is 43.5 Å². The van der Waals surface area contributed by atoms with Crippen molar-refractivity contribution < 1.29 is 27.6 Å². The molecular formula is C17H23FN2O5S. The van der Waals surface area contributed by atoms with E-state index < -0.39 is 26.6 Å². The minimum Gasteiger partial charge on any atom is -0.392 e. The van der Waals surface area contributed by atoms with E-state index in [0.29, 0.717) is 25.0 Å². The lowest BCUT2D eigenvalue weighted by atomic mass is 9.96. The van der Waals surface area contributed by atoms with Gasteiger partial charge >= 0.3 is 0 Å². The van der Waals surface area contributed by atoms with Gasteiger partial charge in [0.1, 0.15) is 6.10 Å². The summed E-state index contributed by atoms with van der Waals surface area (Å²) in [7, 11) is -3.79. The van der Waals surface area contributed by atoms with Crippen LogP contribution in [-0.4, -0.2) is 49.0 Å². The third-order valence-corrected chi connectivity index (χ3v) is 6.63. The van der Waals surface area contributed by atoms with Gasteiger partial charge in [0.2, 0.25) is 0 Å². The van der Waals surface area contributed by atoms with E-state index in [9.17, 15) is 17.6 Å². The molecule has 0 radical (unpaired) electrons. The van der Waals surface area contributed by atoms with Gasteiger partial charge in [-0.25, -0.2) is 13.9 Å². The first kappa shape index (κ1) is 20.3. The summed E-state index contributed by atoms with van der Waals surface area (Å²) in [6, 6.07) is 7.49. The Kier molecular flexibility index (Phi) is 6.35. The van der Waals surface area contributed by atoms with E-state index in [-0.39, 0.29) is 13.1 Å². The van der Waals surface area contributed by atoms with E-state index in [4.69, 9.17) is 10.0 Å². The molecular weight excluding hydrogens is 363 g/mol. The number of hydrogen-bond acceptors (Lipinski definition) is 6. The van der Waals surface area contributed by atoms with Crippen molar-refractivity contribution >= 4 is 21.5 Å². The molecule has 2 N–H and O–H groups in total. The van der Waals surface area contributed by atoms with Crippen molar-refractivity contribution in [3.05, 3.63) is 35.4 Å². The van der Waals surface area contributed by atoms with Crippen LogP contribution in [0.5, 0.6) is 0 Å². The lowest BCUT2D eigenvalue weighted by Gasteiger charge is -2.26. The van der Waals surface area contributed by atoms with Gasteiger partial charge in [0, 0.05) is 19.1 Å². The second-order valence-corrected chi connectivity index (χ2v) is 9.05. The highest BCUT2D eigenvalue weighted by molar-refractivity contribution is 7.92. The van der Waals surface area contributed by atoms with Crippen LogP contribution in [0.3, 0.4) is 0 Å². The minimum absolute atomic E-state index is 0.139. The number of oxime groups is 1. The van der Waals surface area contributed by atoms with Crippen LogP contribution in [0.2, 0.25) is 0 Å². The van der Waals surface area contributed by atoms with Crippen molar-refractivity contribution in [2.24, 2.45) is 5.16 Å². The normalized spacial score (nSPS) is 19.4. The average Bonchev–Trinajstić information content (AvgIpc) is 3.06. The molecule has 1 aromatic carbocycles. The number of rotatable bonds is 8. The van der Waals surface area contributed by atoms with Crippen molar-refractivity contribution in [3.63, 3.8) is 0 Å². The van der Waals surface area contributed by atoms with Crippen LogP contribution < -0.4 is 5.48 Å². The number of aryl methyl sites for hydroxylation is 1. The number of sulfone groups is 1. The highest BCUT2D eigenvalue weighted by atomic mass is 32.2. The molecule has 144 valence electrons. The molecule has 0 aliphatic carbocycles. The van der Waals surface area contributed by atoms with Crippen molar-refractivity contribution in [1.82, 2.24) is 5.48 Å². The molecule has 1 unspecified atom stereocenters. The first-order valence-electron chi connectivity index (χ1n) is 8.23. The molecule has 1 amide bonds. The fraction of sp³-hybridized carbons (Fsp3) is 0.529. The van der Waals surface area contributed by atoms with Gasteiger partial charge in [-0.3, -0.25) is 14.4 Å². The van der Waals surface area contributed by atoms with Crippen molar-refractivity contribution in [3.8, 4) is 0 Å². The Hall–Kier alpha value is -2.00. The molecule has 1 aromatic rings. The van der Waals surface area contributed by atoms with E-state index in [1.165, 1.54) is 12.4 Å². The summed E-state index contributed by atoms with van der Waals surface area (Å²) >= 11 is 0. The molecule has 0 spiro atoms. The van der Waals surface area contributed by atoms with Crippen LogP contribution in [0.25, 0.3) is 0 Å². The maximum atomic E-state index is 12.2. The van der Waals surface area contributed by atoms with Crippen LogP contribution in [0.4, 0.5) is 4.39 Å². The number of carbonyl (C=O) groups is 1. The van der Waals surface area contributed by atoms with E-state index in [1.54, 1.807) is 0 Å². The Morgan fingerprint density at radius 3 is 2.62 bits per heavy atom. The lowest BCUT2D eigenvalue weighted by molar-refractivity contribution is -0.132. The number of hydroxylamine groups is 1. The Morgan fingerprint density at radius 1 is 1.42 bits per heavy atom. The molecule has 1 heterocycles. The summed E-state index contributed by atoms with van der Waals surface area (Å²) in [5.74, 6) is -1.01. The maximum Gasteiger partial charge on any atom is 0.264 e. The van der Waals surface area contributed by atoms with Crippen molar-refractivity contribution in [2.75, 3.05) is 12.9 Å². The number of carbonyl (C=O) groups excluding carboxylic acids is 1. The predicted octanol–water partition coefficient (Wildman–Crippen LogP) is 1.78. The topological polar surface area (TPSA) is 105 Å². The summed E-state index contributed by atoms with van der Waals surface area (Å²) < 4.78 is 34.5. The molecule has 0 saturated carbocycles. The van der Waals surface area contributed by atoms with Gasteiger partial charge in [-0.05, 0) is 30.9 Å². The number of hydrogen-bond donors (Lipinski definition) is 2. The Morgan fingerprint density at radius 2 is 2.08 bits per heavy atom. The Balaban J connectivity index is 2.06. The third kappa shape index (κ3) is 4.39. The van der Waals surface area contributed by atoms with E-state index >= 15 is 0 Å². The molecule has 7 nitrogen and oxygen atoms in total. The summed E-state index contributed by atoms with van der Waals surface area (Å²) in [4.78, 5) is 17.2. The Labute approximate surface area is 152 Å². The standard InChI is InChI=1S/C17H23FN2O5S/c1-17(16(21)19-22,26(2,23)24)11-14-10-15(20-25-14)13-7-5-12(6-8-13)4-3-9-18/h5-8,14,22H,3-4,9-11H2,1-2H3,(H,19,21)/t14?,17-/m1/s1. The first-order chi connectivity index (χ1) is 12.2. The fourth-order valence-electron chi connectivity index (χ4n) is 2.81. The molecule has 0 aromatic heterocycles. The molecule has 0 bridgehead atoms. The zero-order valence-corrected chi connectivity index (χ0v) is 15.6. The Bertz CT molecular complexity index is 779. The first-order valence-corrected chi connectivity index (χ1v) is 10.1. The molecule has 0 saturated heterocycles. The summed E-state index contributed by atoms with van der Waals surface area (Å²) in [6.45, 7) is 0.888. The quantitative estimate of drug-likeness (QED) is 0.523. The van der Waals surface area contributed by atoms with Gasteiger partial charge in [-0.2, -0.15) is 0 Å². The van der Waals surface area contributed by atoms with Crippen LogP contribution in [0, 0.1) is 0 Å². The average molecular weight is 386 g/mol. The molecule has 1 aliphatic heterocycles.